The van der Waals surface area contributed by atoms with Gasteiger partial charge in [-0.15, -0.1) is 11.3 Å². The number of furan rings is 1. The summed E-state index contributed by atoms with van der Waals surface area (Å²) in [7, 11) is 0. The minimum Gasteiger partial charge on any atom is -0.454 e. The van der Waals surface area contributed by atoms with Crippen LogP contribution in [0.2, 0.25) is 0 Å². The zero-order valence-corrected chi connectivity index (χ0v) is 28.5. The van der Waals surface area contributed by atoms with Crippen molar-refractivity contribution in [3.8, 4) is 17.1 Å². The van der Waals surface area contributed by atoms with E-state index in [0.29, 0.717) is 5.82 Å². The summed E-state index contributed by atoms with van der Waals surface area (Å²) in [6.07, 6.45) is 7.85. The number of hydrogen-bond donors (Lipinski definition) is 0. The van der Waals surface area contributed by atoms with Crippen molar-refractivity contribution in [2.24, 2.45) is 0 Å². The normalized spacial score (nSPS) is 14.5. The lowest BCUT2D eigenvalue weighted by Gasteiger charge is -2.35. The van der Waals surface area contributed by atoms with Crippen molar-refractivity contribution in [2.45, 2.75) is 26.2 Å². The van der Waals surface area contributed by atoms with Crippen LogP contribution in [0, 0.1) is 0 Å². The highest BCUT2D eigenvalue weighted by molar-refractivity contribution is 7.11. The van der Waals surface area contributed by atoms with Crippen LogP contribution >= 0.6 is 11.3 Å². The molecule has 4 nitrogen and oxygen atoms in total. The summed E-state index contributed by atoms with van der Waals surface area (Å²) < 4.78 is 10.0. The predicted molar refractivity (Wildman–Crippen MR) is 208 cm³/mol. The molecule has 0 N–H and O–H groups in total. The Kier molecular flexibility index (Phi) is 6.36. The molecule has 0 amide bonds. The highest BCUT2D eigenvalue weighted by atomic mass is 32.1. The molecule has 49 heavy (non-hydrogen) atoms. The fraction of sp³-hybridized carbons (Fsp3) is 0.0909. The van der Waals surface area contributed by atoms with Crippen molar-refractivity contribution in [3.05, 3.63) is 148 Å². The Morgan fingerprint density at radius 2 is 1.59 bits per heavy atom. The van der Waals surface area contributed by atoms with Crippen molar-refractivity contribution in [3.63, 3.8) is 0 Å². The molecule has 1 aliphatic rings. The fourth-order valence-electron chi connectivity index (χ4n) is 7.81. The van der Waals surface area contributed by atoms with Gasteiger partial charge in [0.15, 0.2) is 11.4 Å². The highest BCUT2D eigenvalue weighted by Gasteiger charge is 2.36. The van der Waals surface area contributed by atoms with Crippen LogP contribution in [0.25, 0.3) is 84.8 Å². The van der Waals surface area contributed by atoms with Crippen LogP contribution in [0.15, 0.2) is 115 Å². The van der Waals surface area contributed by atoms with Gasteiger partial charge in [0.2, 0.25) is 0 Å². The molecule has 0 radical (unpaired) electrons. The molecule has 0 fully saturated rings. The van der Waals surface area contributed by atoms with Gasteiger partial charge in [0.25, 0.3) is 0 Å². The van der Waals surface area contributed by atoms with E-state index < -0.39 is 0 Å². The fourth-order valence-corrected chi connectivity index (χ4v) is 9.04. The van der Waals surface area contributed by atoms with E-state index in [1.54, 1.807) is 11.3 Å². The SMILES string of the molecule is C=C/C(c1nc(-c2ccc3c(c2)C(C)(C)c2cccc4c5oc6ccccc6c5n-3c24)nc2ccccc12)=c1/sc(C=C)c(C=C)/c1=C/C. The summed E-state index contributed by atoms with van der Waals surface area (Å²) in [5.74, 6) is 0.675. The lowest BCUT2D eigenvalue weighted by Crippen LogP contribution is -2.26. The Morgan fingerprint density at radius 3 is 2.37 bits per heavy atom. The van der Waals surface area contributed by atoms with Crippen molar-refractivity contribution >= 4 is 79.0 Å². The molecule has 5 heterocycles. The Balaban J connectivity index is 1.33. The monoisotopic (exact) mass is 651 g/mol. The van der Waals surface area contributed by atoms with Crippen molar-refractivity contribution in [1.29, 1.82) is 0 Å². The zero-order chi connectivity index (χ0) is 33.6. The van der Waals surface area contributed by atoms with E-state index in [1.165, 1.54) is 16.6 Å². The van der Waals surface area contributed by atoms with Gasteiger partial charge in [0.1, 0.15) is 11.1 Å². The Hall–Kier alpha value is -5.78. The van der Waals surface area contributed by atoms with Crippen LogP contribution in [0.3, 0.4) is 0 Å². The van der Waals surface area contributed by atoms with E-state index >= 15 is 0 Å². The van der Waals surface area contributed by atoms with Gasteiger partial charge >= 0.3 is 0 Å². The average Bonchev–Trinajstić information content (AvgIpc) is 3.79. The average molecular weight is 652 g/mol. The Labute approximate surface area is 288 Å². The second-order valence-corrected chi connectivity index (χ2v) is 14.1. The van der Waals surface area contributed by atoms with E-state index in [0.717, 1.165) is 81.1 Å². The van der Waals surface area contributed by atoms with Crippen LogP contribution in [0.5, 0.6) is 0 Å². The number of nitrogens with zero attached hydrogens (tertiary/aromatic N) is 3. The van der Waals surface area contributed by atoms with Crippen molar-refractivity contribution < 1.29 is 4.42 Å². The molecule has 0 atom stereocenters. The molecule has 1 aliphatic heterocycles. The zero-order valence-electron chi connectivity index (χ0n) is 27.7. The summed E-state index contributed by atoms with van der Waals surface area (Å²) in [5.41, 5.74) is 12.2. The first kappa shape index (κ1) is 29.4. The van der Waals surface area contributed by atoms with Gasteiger partial charge in [0.05, 0.1) is 22.4 Å². The smallest absolute Gasteiger partial charge is 0.161 e. The first-order valence-electron chi connectivity index (χ1n) is 16.5. The number of benzene rings is 4. The van der Waals surface area contributed by atoms with Crippen LogP contribution < -0.4 is 9.75 Å². The molecule has 8 aromatic rings. The standard InChI is InChI=1S/C44H33N3OS/c1-7-26-27(8-2)42(49-37(26)10-4)28(9-3)38-29-16-11-13-20-34(29)45-43(46-38)25-22-23-35-33(24-25)44(5,6)32-19-15-18-31-39(32)47(35)40-30-17-12-14-21-36(30)48-41(31)40/h7-24H,1,3-4H2,2,5-6H3/b27-8-,42-28-. The molecule has 0 spiro atoms. The summed E-state index contributed by atoms with van der Waals surface area (Å²) >= 11 is 1.69. The molecule has 0 saturated carbocycles. The first-order valence-corrected chi connectivity index (χ1v) is 17.3. The molecular weight excluding hydrogens is 619 g/mol. The maximum absolute atomic E-state index is 6.51. The van der Waals surface area contributed by atoms with Gasteiger partial charge in [-0.3, -0.25) is 0 Å². The minimum absolute atomic E-state index is 0.282. The van der Waals surface area contributed by atoms with Crippen LogP contribution in [-0.2, 0) is 5.41 Å². The van der Waals surface area contributed by atoms with E-state index in [-0.39, 0.29) is 5.41 Å². The third-order valence-electron chi connectivity index (χ3n) is 10.1. The van der Waals surface area contributed by atoms with Crippen LogP contribution in [-0.4, -0.2) is 14.5 Å². The third kappa shape index (κ3) is 3.97. The number of rotatable bonds is 5. The molecule has 5 heteroatoms. The maximum atomic E-state index is 6.51. The summed E-state index contributed by atoms with van der Waals surface area (Å²) in [5, 5.41) is 4.34. The largest absolute Gasteiger partial charge is 0.454 e. The number of fused-ring (bicyclic) bond motifs is 8. The van der Waals surface area contributed by atoms with E-state index in [2.05, 4.69) is 112 Å². The van der Waals surface area contributed by atoms with E-state index in [1.807, 2.05) is 42.5 Å². The van der Waals surface area contributed by atoms with Gasteiger partial charge in [-0.1, -0.05) is 100 Å². The minimum atomic E-state index is -0.282. The van der Waals surface area contributed by atoms with Gasteiger partial charge in [0, 0.05) is 42.1 Å². The first-order chi connectivity index (χ1) is 23.9. The molecule has 9 rings (SSSR count). The van der Waals surface area contributed by atoms with Gasteiger partial charge < -0.3 is 8.98 Å². The number of hydrogen-bond acceptors (Lipinski definition) is 4. The summed E-state index contributed by atoms with van der Waals surface area (Å²) in [6.45, 7) is 19.1. The van der Waals surface area contributed by atoms with Gasteiger partial charge in [-0.2, -0.15) is 0 Å². The van der Waals surface area contributed by atoms with Crippen LogP contribution in [0.4, 0.5) is 0 Å². The van der Waals surface area contributed by atoms with E-state index in [9.17, 15) is 0 Å². The second kappa shape index (κ2) is 10.6. The third-order valence-corrected chi connectivity index (χ3v) is 11.4. The molecule has 0 saturated heterocycles. The lowest BCUT2D eigenvalue weighted by molar-refractivity contribution is 0.630. The Morgan fingerprint density at radius 1 is 0.816 bits per heavy atom. The number of thiophene rings is 1. The number of para-hydroxylation sites is 3. The summed E-state index contributed by atoms with van der Waals surface area (Å²) in [6, 6.07) is 29.8. The topological polar surface area (TPSA) is 43.9 Å². The van der Waals surface area contributed by atoms with Gasteiger partial charge in [-0.25, -0.2) is 9.97 Å². The van der Waals surface area contributed by atoms with Gasteiger partial charge in [-0.05, 0) is 71.3 Å². The molecule has 0 bridgehead atoms. The molecule has 236 valence electrons. The highest BCUT2D eigenvalue weighted by Crippen LogP contribution is 2.50. The number of allylic oxidation sites excluding steroid dienone is 1. The number of aromatic nitrogens is 3. The van der Waals surface area contributed by atoms with Crippen LogP contribution in [0.1, 0.15) is 48.0 Å². The molecule has 0 unspecified atom stereocenters. The molecule has 4 aromatic carbocycles. The van der Waals surface area contributed by atoms with Crippen molar-refractivity contribution in [2.75, 3.05) is 0 Å². The molecular formula is C44H33N3OS. The van der Waals surface area contributed by atoms with Crippen molar-refractivity contribution in [1.82, 2.24) is 14.5 Å². The predicted octanol–water partition coefficient (Wildman–Crippen LogP) is 10.3. The molecule has 4 aromatic heterocycles. The second-order valence-electron chi connectivity index (χ2n) is 13.0. The van der Waals surface area contributed by atoms with E-state index in [4.69, 9.17) is 14.4 Å². The molecule has 0 aliphatic carbocycles. The summed E-state index contributed by atoms with van der Waals surface area (Å²) in [4.78, 5) is 11.6. The quantitative estimate of drug-likeness (QED) is 0.186. The lowest BCUT2D eigenvalue weighted by atomic mass is 9.74. The Bertz CT molecular complexity index is 2880. The maximum Gasteiger partial charge on any atom is 0.161 e.